The quantitative estimate of drug-likeness (QED) is 0.882. The highest BCUT2D eigenvalue weighted by Gasteiger charge is 2.19. The molecule has 0 bridgehead atoms. The van der Waals surface area contributed by atoms with Gasteiger partial charge in [0, 0.05) is 11.4 Å². The zero-order valence-electron chi connectivity index (χ0n) is 10.1. The van der Waals surface area contributed by atoms with E-state index in [0.29, 0.717) is 10.4 Å². The Hall–Kier alpha value is -0.990. The number of nitrogens with one attached hydrogen (secondary N) is 1. The summed E-state index contributed by atoms with van der Waals surface area (Å²) in [6.07, 6.45) is 0. The minimum atomic E-state index is -3.72. The highest BCUT2D eigenvalue weighted by atomic mass is 35.5. The molecule has 0 saturated heterocycles. The molecule has 1 heterocycles. The normalized spacial score (nSPS) is 11.8. The number of aliphatic hydroxyl groups is 1. The van der Waals surface area contributed by atoms with Gasteiger partial charge in [-0.15, -0.1) is 11.3 Å². The summed E-state index contributed by atoms with van der Waals surface area (Å²) in [5.74, 6) is -0.557. The van der Waals surface area contributed by atoms with Gasteiger partial charge < -0.3 is 5.11 Å². The van der Waals surface area contributed by atoms with Crippen LogP contribution in [0.4, 0.5) is 4.39 Å². The minimum Gasteiger partial charge on any atom is -0.391 e. The molecular formula is C12H11ClFNO3S2. The number of aliphatic hydroxyl groups excluding tert-OH is 1. The maximum Gasteiger partial charge on any atom is 0.242 e. The Balaban J connectivity index is 2.15. The van der Waals surface area contributed by atoms with E-state index in [4.69, 9.17) is 16.7 Å². The van der Waals surface area contributed by atoms with Gasteiger partial charge in [0.05, 0.1) is 16.5 Å². The Bertz CT molecular complexity index is 715. The first-order chi connectivity index (χ1) is 9.44. The molecule has 0 saturated carbocycles. The van der Waals surface area contributed by atoms with Gasteiger partial charge in [0.2, 0.25) is 10.0 Å². The minimum absolute atomic E-state index is 0.0109. The van der Waals surface area contributed by atoms with Crippen LogP contribution in [0.2, 0.25) is 5.02 Å². The third-order valence-electron chi connectivity index (χ3n) is 2.59. The Morgan fingerprint density at radius 3 is 2.75 bits per heavy atom. The summed E-state index contributed by atoms with van der Waals surface area (Å²) >= 11 is 6.79. The lowest BCUT2D eigenvalue weighted by Gasteiger charge is -2.07. The van der Waals surface area contributed by atoms with Crippen molar-refractivity contribution in [3.8, 4) is 0 Å². The number of benzene rings is 1. The third kappa shape index (κ3) is 3.36. The van der Waals surface area contributed by atoms with E-state index in [9.17, 15) is 12.8 Å². The van der Waals surface area contributed by atoms with Crippen molar-refractivity contribution in [1.29, 1.82) is 0 Å². The van der Waals surface area contributed by atoms with E-state index in [1.165, 1.54) is 24.3 Å². The maximum absolute atomic E-state index is 13.0. The van der Waals surface area contributed by atoms with Crippen molar-refractivity contribution in [3.05, 3.63) is 50.9 Å². The topological polar surface area (TPSA) is 66.4 Å². The summed E-state index contributed by atoms with van der Waals surface area (Å²) in [4.78, 5) is 0.424. The molecule has 0 unspecified atom stereocenters. The standard InChI is InChI=1S/C12H11ClFNO3S2/c13-9-5-8(1-2-10(9)14)6-15-20(17,18)12-3-4-19-11(12)7-16/h1-5,15-16H,6-7H2. The molecule has 2 N–H and O–H groups in total. The lowest BCUT2D eigenvalue weighted by molar-refractivity contribution is 0.282. The van der Waals surface area contributed by atoms with Gasteiger partial charge in [-0.25, -0.2) is 17.5 Å². The molecule has 108 valence electrons. The number of sulfonamides is 1. The fourth-order valence-corrected chi connectivity index (χ4v) is 4.10. The van der Waals surface area contributed by atoms with E-state index in [1.807, 2.05) is 0 Å². The zero-order valence-corrected chi connectivity index (χ0v) is 12.5. The molecule has 0 aliphatic heterocycles. The van der Waals surface area contributed by atoms with Gasteiger partial charge in [0.1, 0.15) is 5.82 Å². The van der Waals surface area contributed by atoms with Crippen LogP contribution in [0.1, 0.15) is 10.4 Å². The summed E-state index contributed by atoms with van der Waals surface area (Å²) in [6.45, 7) is -0.348. The van der Waals surface area contributed by atoms with Gasteiger partial charge in [0.15, 0.2) is 0 Å². The molecule has 0 aliphatic carbocycles. The summed E-state index contributed by atoms with van der Waals surface area (Å²) in [6, 6.07) is 5.41. The van der Waals surface area contributed by atoms with E-state index in [1.54, 1.807) is 5.38 Å². The molecule has 1 aromatic heterocycles. The average Bonchev–Trinajstić information content (AvgIpc) is 2.89. The van der Waals surface area contributed by atoms with Crippen LogP contribution in [0, 0.1) is 5.82 Å². The first-order valence-electron chi connectivity index (χ1n) is 5.55. The molecule has 0 amide bonds. The SMILES string of the molecule is O=S(=O)(NCc1ccc(F)c(Cl)c1)c1ccsc1CO. The number of rotatable bonds is 5. The van der Waals surface area contributed by atoms with E-state index in [2.05, 4.69) is 4.72 Å². The first-order valence-corrected chi connectivity index (χ1v) is 8.29. The van der Waals surface area contributed by atoms with Crippen molar-refractivity contribution in [3.63, 3.8) is 0 Å². The molecule has 0 fully saturated rings. The van der Waals surface area contributed by atoms with Gasteiger partial charge in [-0.1, -0.05) is 17.7 Å². The van der Waals surface area contributed by atoms with Crippen LogP contribution >= 0.6 is 22.9 Å². The summed E-state index contributed by atoms with van der Waals surface area (Å²) in [7, 11) is -3.72. The Morgan fingerprint density at radius 2 is 2.10 bits per heavy atom. The lowest BCUT2D eigenvalue weighted by atomic mass is 10.2. The monoisotopic (exact) mass is 335 g/mol. The Labute approximate surface area is 124 Å². The van der Waals surface area contributed by atoms with Crippen LogP contribution in [0.25, 0.3) is 0 Å². The molecule has 2 rings (SSSR count). The van der Waals surface area contributed by atoms with Crippen LogP contribution in [0.5, 0.6) is 0 Å². The van der Waals surface area contributed by atoms with Crippen molar-refractivity contribution in [1.82, 2.24) is 4.72 Å². The van der Waals surface area contributed by atoms with Crippen LogP contribution < -0.4 is 4.72 Å². The number of thiophene rings is 1. The van der Waals surface area contributed by atoms with E-state index < -0.39 is 15.8 Å². The molecule has 4 nitrogen and oxygen atoms in total. The van der Waals surface area contributed by atoms with Crippen LogP contribution in [-0.4, -0.2) is 13.5 Å². The van der Waals surface area contributed by atoms with Gasteiger partial charge >= 0.3 is 0 Å². The molecular weight excluding hydrogens is 325 g/mol. The number of hydrogen-bond donors (Lipinski definition) is 2. The highest BCUT2D eigenvalue weighted by Crippen LogP contribution is 2.22. The van der Waals surface area contributed by atoms with E-state index >= 15 is 0 Å². The van der Waals surface area contributed by atoms with E-state index in [-0.39, 0.29) is 23.1 Å². The van der Waals surface area contributed by atoms with Crippen LogP contribution in [0.3, 0.4) is 0 Å². The number of halogens is 2. The summed E-state index contributed by atoms with van der Waals surface area (Å²) in [5, 5.41) is 10.6. The third-order valence-corrected chi connectivity index (χ3v) is 5.40. The first kappa shape index (κ1) is 15.4. The fraction of sp³-hybridized carbons (Fsp3) is 0.167. The van der Waals surface area contributed by atoms with Crippen molar-refractivity contribution in [2.24, 2.45) is 0 Å². The smallest absolute Gasteiger partial charge is 0.242 e. The second-order valence-electron chi connectivity index (χ2n) is 3.94. The summed E-state index contributed by atoms with van der Waals surface area (Å²) < 4.78 is 39.5. The van der Waals surface area contributed by atoms with Gasteiger partial charge in [0.25, 0.3) is 0 Å². The molecule has 2 aromatic rings. The molecule has 0 radical (unpaired) electrons. The molecule has 0 aliphatic rings. The molecule has 20 heavy (non-hydrogen) atoms. The molecule has 0 spiro atoms. The predicted molar refractivity (Wildman–Crippen MR) is 75.7 cm³/mol. The van der Waals surface area contributed by atoms with Gasteiger partial charge in [-0.05, 0) is 29.1 Å². The van der Waals surface area contributed by atoms with Crippen LogP contribution in [0.15, 0.2) is 34.5 Å². The van der Waals surface area contributed by atoms with Gasteiger partial charge in [-0.2, -0.15) is 0 Å². The number of hydrogen-bond acceptors (Lipinski definition) is 4. The fourth-order valence-electron chi connectivity index (χ4n) is 1.59. The molecule has 1 aromatic carbocycles. The van der Waals surface area contributed by atoms with Crippen molar-refractivity contribution < 1.29 is 17.9 Å². The second kappa shape index (κ2) is 6.19. The van der Waals surface area contributed by atoms with Crippen molar-refractivity contribution >= 4 is 33.0 Å². The van der Waals surface area contributed by atoms with Crippen LogP contribution in [-0.2, 0) is 23.2 Å². The molecule has 8 heteroatoms. The largest absolute Gasteiger partial charge is 0.391 e. The average molecular weight is 336 g/mol. The van der Waals surface area contributed by atoms with Gasteiger partial charge in [-0.3, -0.25) is 0 Å². The maximum atomic E-state index is 13.0. The van der Waals surface area contributed by atoms with Crippen molar-refractivity contribution in [2.45, 2.75) is 18.0 Å². The Kier molecular flexibility index (Phi) is 4.77. The zero-order chi connectivity index (χ0) is 14.8. The lowest BCUT2D eigenvalue weighted by Crippen LogP contribution is -2.23. The van der Waals surface area contributed by atoms with E-state index in [0.717, 1.165) is 11.3 Å². The second-order valence-corrected chi connectivity index (χ2v) is 7.08. The predicted octanol–water partition coefficient (Wildman–Crippen LogP) is 2.51. The summed E-state index contributed by atoms with van der Waals surface area (Å²) in [5.41, 5.74) is 0.542. The molecule has 0 atom stereocenters. The highest BCUT2D eigenvalue weighted by molar-refractivity contribution is 7.89. The van der Waals surface area contributed by atoms with Crippen molar-refractivity contribution in [2.75, 3.05) is 0 Å². The Morgan fingerprint density at radius 1 is 1.35 bits per heavy atom.